The van der Waals surface area contributed by atoms with Gasteiger partial charge in [0.2, 0.25) is 0 Å². The van der Waals surface area contributed by atoms with Crippen molar-refractivity contribution in [1.82, 2.24) is 4.90 Å². The number of amides is 1. The third-order valence-corrected chi connectivity index (χ3v) is 2.09. The first-order valence-corrected chi connectivity index (χ1v) is 5.52. The van der Waals surface area contributed by atoms with Gasteiger partial charge in [-0.05, 0) is 20.8 Å². The van der Waals surface area contributed by atoms with Crippen LogP contribution in [0.15, 0.2) is 23.9 Å². The monoisotopic (exact) mass is 275 g/mol. The molecule has 7 heteroatoms. The van der Waals surface area contributed by atoms with Crippen molar-refractivity contribution in [1.29, 1.82) is 0 Å². The van der Waals surface area contributed by atoms with Crippen molar-refractivity contribution in [3.8, 4) is 0 Å². The second kappa shape index (κ2) is 4.99. The van der Waals surface area contributed by atoms with Crippen LogP contribution < -0.4 is 0 Å². The lowest BCUT2D eigenvalue weighted by Crippen LogP contribution is -2.35. The molecule has 0 fully saturated rings. The van der Waals surface area contributed by atoms with Crippen LogP contribution in [-0.4, -0.2) is 40.1 Å². The highest BCUT2D eigenvalue weighted by Gasteiger charge is 2.31. The number of hydrogen-bond donors (Lipinski definition) is 1. The molecule has 1 aliphatic heterocycles. The Kier molecular flexibility index (Phi) is 3.97. The number of aliphatic carboxylic acids is 1. The molecule has 106 valence electrons. The molecule has 1 N–H and O–H groups in total. The Morgan fingerprint density at radius 1 is 1.42 bits per heavy atom. The van der Waals surface area contributed by atoms with Crippen LogP contribution in [0, 0.1) is 0 Å². The highest BCUT2D eigenvalue weighted by Crippen LogP contribution is 2.24. The molecule has 0 spiro atoms. The van der Waals surface area contributed by atoms with Crippen LogP contribution in [0.1, 0.15) is 20.8 Å². The molecule has 0 bridgehead atoms. The lowest BCUT2D eigenvalue weighted by atomic mass is 10.2. The van der Waals surface area contributed by atoms with E-state index in [1.165, 1.54) is 0 Å². The van der Waals surface area contributed by atoms with Crippen molar-refractivity contribution in [2.45, 2.75) is 32.3 Å². The van der Waals surface area contributed by atoms with Gasteiger partial charge in [0.15, 0.2) is 0 Å². The average molecular weight is 275 g/mol. The summed E-state index contributed by atoms with van der Waals surface area (Å²) in [4.78, 5) is 23.4. The Hall–Kier alpha value is -1.92. The smallest absolute Gasteiger partial charge is 0.414 e. The fourth-order valence-electron chi connectivity index (χ4n) is 1.33. The third-order valence-electron chi connectivity index (χ3n) is 2.09. The molecule has 0 aromatic carbocycles. The topological polar surface area (TPSA) is 66.8 Å². The van der Waals surface area contributed by atoms with E-state index in [0.29, 0.717) is 12.2 Å². The average Bonchev–Trinajstić information content (AvgIpc) is 2.34. The molecule has 1 amide bonds. The molecule has 1 heterocycles. The standard InChI is InChI=1S/C12H15F2NO4/c1-11(2,3)19-10(18)15-5-4-12(13,14)6-8(7-15)9(16)17/h4-6H,7H2,1-3H3,(H,16,17). The van der Waals surface area contributed by atoms with E-state index in [9.17, 15) is 18.4 Å². The molecule has 0 aromatic heterocycles. The highest BCUT2D eigenvalue weighted by atomic mass is 19.3. The Morgan fingerprint density at radius 3 is 2.47 bits per heavy atom. The molecule has 0 unspecified atom stereocenters. The van der Waals surface area contributed by atoms with Gasteiger partial charge in [0, 0.05) is 18.4 Å². The Labute approximate surface area is 109 Å². The summed E-state index contributed by atoms with van der Waals surface area (Å²) in [6.07, 6.45) is 0.720. The van der Waals surface area contributed by atoms with Gasteiger partial charge in [0.1, 0.15) is 5.60 Å². The van der Waals surface area contributed by atoms with Crippen LogP contribution in [0.2, 0.25) is 0 Å². The number of carboxylic acid groups (broad SMARTS) is 1. The molecule has 0 saturated carbocycles. The second-order valence-electron chi connectivity index (χ2n) is 5.07. The predicted molar refractivity (Wildman–Crippen MR) is 62.7 cm³/mol. The van der Waals surface area contributed by atoms with Crippen LogP contribution in [0.5, 0.6) is 0 Å². The number of allylic oxidation sites excluding steroid dienone is 2. The number of carbonyl (C=O) groups excluding carboxylic acids is 1. The van der Waals surface area contributed by atoms with Gasteiger partial charge in [-0.2, -0.15) is 8.78 Å². The van der Waals surface area contributed by atoms with Crippen LogP contribution in [0.25, 0.3) is 0 Å². The molecular weight excluding hydrogens is 260 g/mol. The first-order chi connectivity index (χ1) is 8.50. The summed E-state index contributed by atoms with van der Waals surface area (Å²) in [5.74, 6) is -4.92. The molecule has 19 heavy (non-hydrogen) atoms. The number of rotatable bonds is 1. The van der Waals surface area contributed by atoms with Gasteiger partial charge in [-0.15, -0.1) is 0 Å². The number of carbonyl (C=O) groups is 2. The van der Waals surface area contributed by atoms with Gasteiger partial charge < -0.3 is 9.84 Å². The first-order valence-electron chi connectivity index (χ1n) is 5.52. The zero-order valence-electron chi connectivity index (χ0n) is 10.8. The van der Waals surface area contributed by atoms with Crippen LogP contribution in [-0.2, 0) is 9.53 Å². The molecular formula is C12H15F2NO4. The quantitative estimate of drug-likeness (QED) is 0.798. The summed E-state index contributed by atoms with van der Waals surface area (Å²) >= 11 is 0. The minimum absolute atomic E-state index is 0.316. The maximum atomic E-state index is 13.2. The largest absolute Gasteiger partial charge is 0.478 e. The lowest BCUT2D eigenvalue weighted by molar-refractivity contribution is -0.133. The van der Waals surface area contributed by atoms with E-state index in [-0.39, 0.29) is 0 Å². The van der Waals surface area contributed by atoms with E-state index in [0.717, 1.165) is 11.1 Å². The Morgan fingerprint density at radius 2 is 2.00 bits per heavy atom. The number of carboxylic acids is 1. The van der Waals surface area contributed by atoms with E-state index in [1.54, 1.807) is 20.8 Å². The first kappa shape index (κ1) is 15.1. The van der Waals surface area contributed by atoms with Crippen LogP contribution in [0.3, 0.4) is 0 Å². The Balaban J connectivity index is 2.96. The van der Waals surface area contributed by atoms with Crippen molar-refractivity contribution in [2.24, 2.45) is 0 Å². The molecule has 1 rings (SSSR count). The molecule has 0 aliphatic carbocycles. The number of halogens is 2. The number of hydrogen-bond acceptors (Lipinski definition) is 3. The summed E-state index contributed by atoms with van der Waals surface area (Å²) in [6, 6.07) is 0. The van der Waals surface area contributed by atoms with E-state index in [4.69, 9.17) is 9.84 Å². The zero-order valence-corrected chi connectivity index (χ0v) is 10.8. The molecule has 0 aromatic rings. The van der Waals surface area contributed by atoms with Crippen molar-refractivity contribution in [3.05, 3.63) is 23.9 Å². The minimum Gasteiger partial charge on any atom is -0.478 e. The van der Waals surface area contributed by atoms with Gasteiger partial charge in [-0.1, -0.05) is 0 Å². The SMILES string of the molecule is CC(C)(C)OC(=O)N1C=CC(F)(F)C=C(C(=O)O)C1. The predicted octanol–water partition coefficient (Wildman–Crippen LogP) is 2.40. The van der Waals surface area contributed by atoms with E-state index < -0.39 is 35.7 Å². The van der Waals surface area contributed by atoms with Gasteiger partial charge in [-0.3, -0.25) is 4.90 Å². The maximum absolute atomic E-state index is 13.2. The van der Waals surface area contributed by atoms with E-state index >= 15 is 0 Å². The summed E-state index contributed by atoms with van der Waals surface area (Å²) in [5, 5.41) is 8.82. The van der Waals surface area contributed by atoms with Crippen molar-refractivity contribution in [2.75, 3.05) is 6.54 Å². The molecule has 0 saturated heterocycles. The lowest BCUT2D eigenvalue weighted by Gasteiger charge is -2.24. The highest BCUT2D eigenvalue weighted by molar-refractivity contribution is 5.88. The van der Waals surface area contributed by atoms with Gasteiger partial charge in [0.25, 0.3) is 5.92 Å². The fourth-order valence-corrected chi connectivity index (χ4v) is 1.33. The third kappa shape index (κ3) is 4.69. The summed E-state index contributed by atoms with van der Waals surface area (Å²) in [7, 11) is 0. The second-order valence-corrected chi connectivity index (χ2v) is 5.07. The zero-order chi connectivity index (χ0) is 14.8. The van der Waals surface area contributed by atoms with Crippen LogP contribution >= 0.6 is 0 Å². The summed E-state index contributed by atoms with van der Waals surface area (Å²) in [5.41, 5.74) is -1.37. The van der Waals surface area contributed by atoms with Crippen molar-refractivity contribution < 1.29 is 28.2 Å². The van der Waals surface area contributed by atoms with Gasteiger partial charge in [-0.25, -0.2) is 9.59 Å². The number of ether oxygens (including phenoxy) is 1. The maximum Gasteiger partial charge on any atom is 0.414 e. The van der Waals surface area contributed by atoms with Gasteiger partial charge in [0.05, 0.1) is 12.1 Å². The fraction of sp³-hybridized carbons (Fsp3) is 0.500. The normalized spacial score (nSPS) is 18.6. The van der Waals surface area contributed by atoms with E-state index in [1.807, 2.05) is 0 Å². The summed E-state index contributed by atoms with van der Waals surface area (Å²) < 4.78 is 31.5. The molecule has 0 atom stereocenters. The number of nitrogens with zero attached hydrogens (tertiary/aromatic N) is 1. The molecule has 0 radical (unpaired) electrons. The minimum atomic E-state index is -3.41. The molecule has 5 nitrogen and oxygen atoms in total. The number of alkyl halides is 2. The summed E-state index contributed by atoms with van der Waals surface area (Å²) in [6.45, 7) is 4.38. The van der Waals surface area contributed by atoms with Gasteiger partial charge >= 0.3 is 12.1 Å². The van der Waals surface area contributed by atoms with Crippen LogP contribution in [0.4, 0.5) is 13.6 Å². The Bertz CT molecular complexity index is 449. The van der Waals surface area contributed by atoms with E-state index in [2.05, 4.69) is 0 Å². The molecule has 1 aliphatic rings. The van der Waals surface area contributed by atoms with Crippen molar-refractivity contribution >= 4 is 12.1 Å². The van der Waals surface area contributed by atoms with Crippen molar-refractivity contribution in [3.63, 3.8) is 0 Å².